The number of nitrogens with one attached hydrogen (secondary N) is 1. The first-order chi connectivity index (χ1) is 9.09. The fourth-order valence-corrected chi connectivity index (χ4v) is 2.40. The van der Waals surface area contributed by atoms with Crippen LogP contribution in [0.5, 0.6) is 0 Å². The molecule has 0 aliphatic carbocycles. The van der Waals surface area contributed by atoms with Crippen molar-refractivity contribution in [2.75, 3.05) is 19.6 Å². The lowest BCUT2D eigenvalue weighted by Gasteiger charge is -2.33. The molecule has 0 saturated carbocycles. The van der Waals surface area contributed by atoms with Crippen LogP contribution in [0, 0.1) is 6.92 Å². The maximum absolute atomic E-state index is 12.5. The van der Waals surface area contributed by atoms with Gasteiger partial charge in [0.2, 0.25) is 5.91 Å². The largest absolute Gasteiger partial charge is 0.469 e. The Bertz CT molecular complexity index is 463. The summed E-state index contributed by atoms with van der Waals surface area (Å²) < 4.78 is 5.15. The van der Waals surface area contributed by atoms with Crippen LogP contribution in [0.25, 0.3) is 0 Å². The minimum absolute atomic E-state index is 0.00282. The Morgan fingerprint density at radius 3 is 2.89 bits per heavy atom. The fourth-order valence-electron chi connectivity index (χ4n) is 2.40. The zero-order chi connectivity index (χ0) is 13.8. The van der Waals surface area contributed by atoms with Crippen molar-refractivity contribution in [1.29, 1.82) is 0 Å². The molecule has 1 aromatic heterocycles. The number of piperidine rings is 1. The number of hydrogen-bond donors (Lipinski definition) is 2. The van der Waals surface area contributed by atoms with Crippen molar-refractivity contribution in [2.24, 2.45) is 5.73 Å². The van der Waals surface area contributed by atoms with E-state index in [0.717, 1.165) is 19.4 Å². The molecule has 1 saturated heterocycles. The predicted octanol–water partition coefficient (Wildman–Crippen LogP) is 0.268. The van der Waals surface area contributed by atoms with Gasteiger partial charge in [-0.3, -0.25) is 9.59 Å². The van der Waals surface area contributed by atoms with Gasteiger partial charge in [-0.2, -0.15) is 0 Å². The third-order valence-corrected chi connectivity index (χ3v) is 3.39. The van der Waals surface area contributed by atoms with Crippen molar-refractivity contribution >= 4 is 11.8 Å². The molecule has 104 valence electrons. The van der Waals surface area contributed by atoms with Crippen LogP contribution in [0.15, 0.2) is 16.7 Å². The van der Waals surface area contributed by atoms with E-state index in [1.807, 2.05) is 0 Å². The normalized spacial score (nSPS) is 19.1. The highest BCUT2D eigenvalue weighted by Crippen LogP contribution is 2.17. The van der Waals surface area contributed by atoms with E-state index in [1.54, 1.807) is 17.9 Å². The van der Waals surface area contributed by atoms with E-state index < -0.39 is 5.91 Å². The highest BCUT2D eigenvalue weighted by Gasteiger charge is 2.28. The molecule has 2 heterocycles. The molecule has 3 N–H and O–H groups in total. The zero-order valence-corrected chi connectivity index (χ0v) is 11.0. The highest BCUT2D eigenvalue weighted by atomic mass is 16.3. The zero-order valence-electron chi connectivity index (χ0n) is 11.0. The van der Waals surface area contributed by atoms with E-state index in [0.29, 0.717) is 17.9 Å². The maximum Gasteiger partial charge on any atom is 0.258 e. The molecule has 0 bridgehead atoms. The lowest BCUT2D eigenvalue weighted by molar-refractivity contribution is -0.119. The van der Waals surface area contributed by atoms with Crippen molar-refractivity contribution in [3.63, 3.8) is 0 Å². The summed E-state index contributed by atoms with van der Waals surface area (Å²) >= 11 is 0. The average molecular weight is 265 g/mol. The lowest BCUT2D eigenvalue weighted by Crippen LogP contribution is -2.51. The number of carbonyl (C=O) groups excluding carboxylic acids is 2. The number of rotatable bonds is 4. The van der Waals surface area contributed by atoms with Crippen LogP contribution in [0.3, 0.4) is 0 Å². The van der Waals surface area contributed by atoms with Crippen LogP contribution in [0.4, 0.5) is 0 Å². The number of hydrogen-bond acceptors (Lipinski definition) is 4. The molecule has 0 aromatic carbocycles. The van der Waals surface area contributed by atoms with E-state index in [1.165, 1.54) is 6.26 Å². The van der Waals surface area contributed by atoms with Gasteiger partial charge in [-0.05, 0) is 32.4 Å². The molecular weight excluding hydrogens is 246 g/mol. The monoisotopic (exact) mass is 265 g/mol. The van der Waals surface area contributed by atoms with Crippen LogP contribution >= 0.6 is 0 Å². The number of carbonyl (C=O) groups is 2. The van der Waals surface area contributed by atoms with Gasteiger partial charge in [0.05, 0.1) is 18.4 Å². The first-order valence-electron chi connectivity index (χ1n) is 6.43. The van der Waals surface area contributed by atoms with Crippen LogP contribution in [-0.2, 0) is 4.79 Å². The number of amides is 2. The molecule has 19 heavy (non-hydrogen) atoms. The van der Waals surface area contributed by atoms with Crippen molar-refractivity contribution in [1.82, 2.24) is 10.2 Å². The molecule has 2 amide bonds. The van der Waals surface area contributed by atoms with E-state index in [2.05, 4.69) is 5.32 Å². The van der Waals surface area contributed by atoms with Gasteiger partial charge in [0.25, 0.3) is 5.91 Å². The minimum atomic E-state index is -0.500. The van der Waals surface area contributed by atoms with Crippen LogP contribution in [0.1, 0.15) is 29.0 Å². The summed E-state index contributed by atoms with van der Waals surface area (Å²) in [7, 11) is 0. The molecule has 0 spiro atoms. The van der Waals surface area contributed by atoms with Gasteiger partial charge in [-0.15, -0.1) is 0 Å². The number of nitrogens with zero attached hydrogens (tertiary/aromatic N) is 1. The molecule has 1 atom stereocenters. The second-order valence-electron chi connectivity index (χ2n) is 4.79. The summed E-state index contributed by atoms with van der Waals surface area (Å²) in [6, 6.07) is 1.63. The summed E-state index contributed by atoms with van der Waals surface area (Å²) in [6.07, 6.45) is 3.34. The third kappa shape index (κ3) is 3.14. The summed E-state index contributed by atoms with van der Waals surface area (Å²) in [5.74, 6) is -0.137. The van der Waals surface area contributed by atoms with E-state index in [4.69, 9.17) is 10.2 Å². The molecule has 1 aliphatic heterocycles. The van der Waals surface area contributed by atoms with Gasteiger partial charge in [-0.1, -0.05) is 0 Å². The van der Waals surface area contributed by atoms with Crippen LogP contribution in [0.2, 0.25) is 0 Å². The second-order valence-corrected chi connectivity index (χ2v) is 4.79. The third-order valence-electron chi connectivity index (χ3n) is 3.39. The Balaban J connectivity index is 2.19. The van der Waals surface area contributed by atoms with Gasteiger partial charge >= 0.3 is 0 Å². The number of nitrogens with two attached hydrogens (primary N) is 1. The maximum atomic E-state index is 12.5. The van der Waals surface area contributed by atoms with Crippen LogP contribution < -0.4 is 11.1 Å². The molecule has 6 nitrogen and oxygen atoms in total. The van der Waals surface area contributed by atoms with Gasteiger partial charge in [0, 0.05) is 12.6 Å². The Hall–Kier alpha value is -1.82. The summed E-state index contributed by atoms with van der Waals surface area (Å²) in [5, 5.41) is 3.23. The molecule has 1 aromatic rings. The SMILES string of the molecule is Cc1occc1C(=O)N(CC(N)=O)C1CCCNC1. The first-order valence-corrected chi connectivity index (χ1v) is 6.43. The van der Waals surface area contributed by atoms with Gasteiger partial charge in [0.15, 0.2) is 0 Å². The molecular formula is C13H19N3O3. The molecule has 0 radical (unpaired) electrons. The van der Waals surface area contributed by atoms with Crippen molar-refractivity contribution in [3.8, 4) is 0 Å². The summed E-state index contributed by atoms with van der Waals surface area (Å²) in [6.45, 7) is 3.31. The molecule has 1 aliphatic rings. The van der Waals surface area contributed by atoms with E-state index >= 15 is 0 Å². The Labute approximate surface area is 111 Å². The highest BCUT2D eigenvalue weighted by molar-refractivity contribution is 5.97. The van der Waals surface area contributed by atoms with Gasteiger partial charge < -0.3 is 20.4 Å². The van der Waals surface area contributed by atoms with Crippen molar-refractivity contribution < 1.29 is 14.0 Å². The molecule has 1 unspecified atom stereocenters. The minimum Gasteiger partial charge on any atom is -0.469 e. The first kappa shape index (κ1) is 13.6. The Morgan fingerprint density at radius 1 is 1.58 bits per heavy atom. The van der Waals surface area contributed by atoms with E-state index in [9.17, 15) is 9.59 Å². The number of primary amides is 1. The van der Waals surface area contributed by atoms with E-state index in [-0.39, 0.29) is 18.5 Å². The summed E-state index contributed by atoms with van der Waals surface area (Å²) in [4.78, 5) is 25.2. The molecule has 1 fully saturated rings. The van der Waals surface area contributed by atoms with Gasteiger partial charge in [-0.25, -0.2) is 0 Å². The predicted molar refractivity (Wildman–Crippen MR) is 69.6 cm³/mol. The number of furan rings is 1. The Kier molecular flexibility index (Phi) is 4.21. The van der Waals surface area contributed by atoms with Crippen LogP contribution in [-0.4, -0.2) is 42.4 Å². The van der Waals surface area contributed by atoms with Gasteiger partial charge in [0.1, 0.15) is 5.76 Å². The average Bonchev–Trinajstić information content (AvgIpc) is 2.82. The smallest absolute Gasteiger partial charge is 0.258 e. The molecule has 6 heteroatoms. The lowest BCUT2D eigenvalue weighted by atomic mass is 10.0. The standard InChI is InChI=1S/C13H19N3O3/c1-9-11(4-6-19-9)13(18)16(8-12(14)17)10-3-2-5-15-7-10/h4,6,10,15H,2-3,5,7-8H2,1H3,(H2,14,17). The quantitative estimate of drug-likeness (QED) is 0.817. The van der Waals surface area contributed by atoms with Crippen molar-refractivity contribution in [2.45, 2.75) is 25.8 Å². The Morgan fingerprint density at radius 2 is 2.37 bits per heavy atom. The second kappa shape index (κ2) is 5.88. The summed E-state index contributed by atoms with van der Waals surface area (Å²) in [5.41, 5.74) is 5.75. The van der Waals surface area contributed by atoms with Crippen molar-refractivity contribution in [3.05, 3.63) is 23.7 Å². The molecule has 2 rings (SSSR count). The number of aryl methyl sites for hydroxylation is 1. The fraction of sp³-hybridized carbons (Fsp3) is 0.538. The topological polar surface area (TPSA) is 88.6 Å².